The number of anilines is 2. The molecule has 3 rings (SSSR count). The number of rotatable bonds is 5. The first-order chi connectivity index (χ1) is 10.7. The molecule has 0 amide bonds. The normalized spacial score (nSPS) is 17.0. The fraction of sp³-hybridized carbons (Fsp3) is 0.312. The summed E-state index contributed by atoms with van der Waals surface area (Å²) in [6.07, 6.45) is 5.34. The van der Waals surface area contributed by atoms with E-state index in [0.29, 0.717) is 12.6 Å². The van der Waals surface area contributed by atoms with Crippen LogP contribution < -0.4 is 11.1 Å². The minimum Gasteiger partial charge on any atom is -0.463 e. The van der Waals surface area contributed by atoms with Crippen molar-refractivity contribution in [2.75, 3.05) is 11.9 Å². The third-order valence-electron chi connectivity index (χ3n) is 3.48. The van der Waals surface area contributed by atoms with Crippen LogP contribution in [0.5, 0.6) is 0 Å². The Morgan fingerprint density at radius 1 is 1.27 bits per heavy atom. The number of ether oxygens (including phenoxy) is 1. The van der Waals surface area contributed by atoms with Gasteiger partial charge in [0, 0.05) is 11.9 Å². The van der Waals surface area contributed by atoms with Crippen molar-refractivity contribution in [3.8, 4) is 0 Å². The van der Waals surface area contributed by atoms with Crippen LogP contribution in [-0.4, -0.2) is 28.6 Å². The lowest BCUT2D eigenvalue weighted by Crippen LogP contribution is -2.10. The highest BCUT2D eigenvalue weighted by molar-refractivity contribution is 5.73. The number of nitrogens with two attached hydrogens (primary N) is 1. The number of hydrogen-bond acceptors (Lipinski definition) is 6. The first-order valence-electron chi connectivity index (χ1n) is 7.30. The molecular formula is C16H19N5O. The van der Waals surface area contributed by atoms with Crippen LogP contribution in [-0.2, 0) is 11.2 Å². The lowest BCUT2D eigenvalue weighted by atomic mass is 10.1. The van der Waals surface area contributed by atoms with Crippen molar-refractivity contribution < 1.29 is 4.74 Å². The van der Waals surface area contributed by atoms with Crippen molar-refractivity contribution >= 4 is 17.5 Å². The van der Waals surface area contributed by atoms with Crippen LogP contribution in [0.25, 0.3) is 0 Å². The molecule has 6 nitrogen and oxygen atoms in total. The lowest BCUT2D eigenvalue weighted by molar-refractivity contribution is 0.308. The summed E-state index contributed by atoms with van der Waals surface area (Å²) in [6, 6.07) is 8.79. The van der Waals surface area contributed by atoms with Gasteiger partial charge >= 0.3 is 0 Å². The number of aryl methyl sites for hydroxylation is 2. The molecule has 1 aliphatic rings. The zero-order chi connectivity index (χ0) is 15.4. The Hall–Kier alpha value is -2.63. The first kappa shape index (κ1) is 14.3. The Bertz CT molecular complexity index is 668. The first-order valence-corrected chi connectivity index (χ1v) is 7.30. The molecule has 0 saturated carbocycles. The second-order valence-electron chi connectivity index (χ2n) is 5.34. The summed E-state index contributed by atoms with van der Waals surface area (Å²) in [5.74, 6) is 0.751. The number of benzene rings is 1. The largest absolute Gasteiger partial charge is 0.463 e. The van der Waals surface area contributed by atoms with Gasteiger partial charge < -0.3 is 15.8 Å². The Morgan fingerprint density at radius 3 is 2.77 bits per heavy atom. The van der Waals surface area contributed by atoms with E-state index in [9.17, 15) is 0 Å². The van der Waals surface area contributed by atoms with Crippen molar-refractivity contribution in [1.82, 2.24) is 9.97 Å². The molecular weight excluding hydrogens is 278 g/mol. The van der Waals surface area contributed by atoms with Crippen molar-refractivity contribution in [2.45, 2.75) is 25.8 Å². The summed E-state index contributed by atoms with van der Waals surface area (Å²) < 4.78 is 5.15. The van der Waals surface area contributed by atoms with Crippen LogP contribution in [0.4, 0.5) is 11.5 Å². The fourth-order valence-corrected chi connectivity index (χ4v) is 2.34. The van der Waals surface area contributed by atoms with E-state index >= 15 is 0 Å². The van der Waals surface area contributed by atoms with E-state index in [2.05, 4.69) is 32.4 Å². The third-order valence-corrected chi connectivity index (χ3v) is 3.48. The zero-order valence-corrected chi connectivity index (χ0v) is 12.5. The summed E-state index contributed by atoms with van der Waals surface area (Å²) >= 11 is 0. The van der Waals surface area contributed by atoms with E-state index < -0.39 is 0 Å². The van der Waals surface area contributed by atoms with Crippen LogP contribution in [0, 0.1) is 6.92 Å². The van der Waals surface area contributed by atoms with Crippen molar-refractivity contribution in [1.29, 1.82) is 0 Å². The number of nitrogens with one attached hydrogen (secondary N) is 1. The van der Waals surface area contributed by atoms with Crippen LogP contribution in [0.3, 0.4) is 0 Å². The fourth-order valence-electron chi connectivity index (χ4n) is 2.34. The van der Waals surface area contributed by atoms with Crippen LogP contribution in [0.1, 0.15) is 17.7 Å². The highest BCUT2D eigenvalue weighted by atomic mass is 16.5. The minimum absolute atomic E-state index is 0.181. The molecule has 114 valence electrons. The van der Waals surface area contributed by atoms with Gasteiger partial charge in [-0.1, -0.05) is 12.1 Å². The molecule has 0 radical (unpaired) electrons. The standard InChI is InChI=1S/C16H19N5O/c1-11-8-18-9-15(19-11)20-13-5-2-12(3-6-13)4-7-14-10-22-16(17)21-14/h2-3,5-6,8-9,14H,4,7,10H2,1H3,(H2,17,21)(H,19,20)/t14-/m0/s1. The Labute approximate surface area is 129 Å². The Morgan fingerprint density at radius 2 is 2.09 bits per heavy atom. The van der Waals surface area contributed by atoms with E-state index in [-0.39, 0.29) is 6.04 Å². The molecule has 0 spiro atoms. The van der Waals surface area contributed by atoms with Gasteiger partial charge in [-0.25, -0.2) is 9.98 Å². The molecule has 22 heavy (non-hydrogen) atoms. The molecule has 0 fully saturated rings. The predicted octanol–water partition coefficient (Wildman–Crippen LogP) is 2.17. The molecule has 0 aliphatic carbocycles. The summed E-state index contributed by atoms with van der Waals surface area (Å²) in [5.41, 5.74) is 8.66. The molecule has 2 aromatic rings. The molecule has 0 saturated heterocycles. The van der Waals surface area contributed by atoms with E-state index in [1.807, 2.05) is 19.1 Å². The van der Waals surface area contributed by atoms with Crippen molar-refractivity contribution in [2.24, 2.45) is 10.7 Å². The minimum atomic E-state index is 0.181. The number of nitrogens with zero attached hydrogens (tertiary/aromatic N) is 3. The van der Waals surface area contributed by atoms with Crippen molar-refractivity contribution in [3.05, 3.63) is 47.9 Å². The Balaban J connectivity index is 1.56. The number of amidine groups is 1. The average Bonchev–Trinajstić information content (AvgIpc) is 2.92. The quantitative estimate of drug-likeness (QED) is 0.883. The topological polar surface area (TPSA) is 85.4 Å². The monoisotopic (exact) mass is 297 g/mol. The molecule has 3 N–H and O–H groups in total. The van der Waals surface area contributed by atoms with E-state index in [4.69, 9.17) is 10.5 Å². The molecule has 1 aromatic heterocycles. The highest BCUT2D eigenvalue weighted by Gasteiger charge is 2.16. The summed E-state index contributed by atoms with van der Waals surface area (Å²) in [7, 11) is 0. The van der Waals surface area contributed by atoms with Gasteiger partial charge in [-0.2, -0.15) is 0 Å². The third kappa shape index (κ3) is 3.72. The molecule has 6 heteroatoms. The summed E-state index contributed by atoms with van der Waals surface area (Å²) in [5, 5.41) is 3.24. The maximum Gasteiger partial charge on any atom is 0.282 e. The molecule has 0 bridgehead atoms. The maximum absolute atomic E-state index is 5.51. The molecule has 2 heterocycles. The number of aromatic nitrogens is 2. The van der Waals surface area contributed by atoms with Crippen LogP contribution in [0.15, 0.2) is 41.7 Å². The number of hydrogen-bond donors (Lipinski definition) is 2. The van der Waals surface area contributed by atoms with Crippen molar-refractivity contribution in [3.63, 3.8) is 0 Å². The molecule has 1 aromatic carbocycles. The van der Waals surface area contributed by atoms with Gasteiger partial charge in [-0.15, -0.1) is 0 Å². The highest BCUT2D eigenvalue weighted by Crippen LogP contribution is 2.17. The van der Waals surface area contributed by atoms with Crippen LogP contribution >= 0.6 is 0 Å². The van der Waals surface area contributed by atoms with Gasteiger partial charge in [0.25, 0.3) is 6.02 Å². The summed E-state index contributed by atoms with van der Waals surface area (Å²) in [4.78, 5) is 12.7. The van der Waals surface area contributed by atoms with Gasteiger partial charge in [0.2, 0.25) is 0 Å². The second kappa shape index (κ2) is 6.43. The smallest absolute Gasteiger partial charge is 0.282 e. The number of aliphatic imine (C=N–C) groups is 1. The van der Waals surface area contributed by atoms with E-state index in [0.717, 1.165) is 30.0 Å². The maximum atomic E-state index is 5.51. The van der Waals surface area contributed by atoms with Gasteiger partial charge in [0.1, 0.15) is 12.4 Å². The summed E-state index contributed by atoms with van der Waals surface area (Å²) in [6.45, 7) is 2.51. The predicted molar refractivity (Wildman–Crippen MR) is 86.2 cm³/mol. The molecule has 1 aliphatic heterocycles. The van der Waals surface area contributed by atoms with Gasteiger partial charge in [-0.3, -0.25) is 4.98 Å². The van der Waals surface area contributed by atoms with Gasteiger partial charge in [0.15, 0.2) is 0 Å². The molecule has 0 unspecified atom stereocenters. The second-order valence-corrected chi connectivity index (χ2v) is 5.34. The van der Waals surface area contributed by atoms with Gasteiger partial charge in [-0.05, 0) is 37.5 Å². The zero-order valence-electron chi connectivity index (χ0n) is 12.5. The molecule has 1 atom stereocenters. The van der Waals surface area contributed by atoms with Crippen LogP contribution in [0.2, 0.25) is 0 Å². The van der Waals surface area contributed by atoms with E-state index in [1.54, 1.807) is 12.4 Å². The van der Waals surface area contributed by atoms with Gasteiger partial charge in [0.05, 0.1) is 17.9 Å². The lowest BCUT2D eigenvalue weighted by Gasteiger charge is -2.08. The SMILES string of the molecule is Cc1cncc(Nc2ccc(CC[C@H]3COC(N)=N3)cc2)n1. The average molecular weight is 297 g/mol. The Kier molecular flexibility index (Phi) is 4.18. The van der Waals surface area contributed by atoms with E-state index in [1.165, 1.54) is 5.56 Å².